The van der Waals surface area contributed by atoms with Crippen LogP contribution in [-0.2, 0) is 47.8 Å². The first-order chi connectivity index (χ1) is 24.9. The molecule has 14 heteroatoms. The summed E-state index contributed by atoms with van der Waals surface area (Å²) in [6.45, 7) is 9.96. The normalized spacial score (nSPS) is 28.7. The number of likely N-dealkylation sites (tertiary alicyclic amines) is 2. The molecule has 0 bridgehead atoms. The van der Waals surface area contributed by atoms with Crippen LogP contribution in [0.4, 0.5) is 0 Å². The van der Waals surface area contributed by atoms with Crippen LogP contribution in [0.15, 0.2) is 0 Å². The second-order valence-corrected chi connectivity index (χ2v) is 15.9. The van der Waals surface area contributed by atoms with Crippen molar-refractivity contribution in [2.24, 2.45) is 47.3 Å². The van der Waals surface area contributed by atoms with Crippen LogP contribution in [0.1, 0.15) is 112 Å². The minimum atomic E-state index is -0.820. The van der Waals surface area contributed by atoms with Gasteiger partial charge in [-0.1, -0.05) is 27.7 Å². The summed E-state index contributed by atoms with van der Waals surface area (Å²) >= 11 is 0. The van der Waals surface area contributed by atoms with Crippen molar-refractivity contribution < 1.29 is 58.0 Å². The second-order valence-electron chi connectivity index (χ2n) is 15.9. The first-order valence-corrected chi connectivity index (χ1v) is 19.3. The predicted molar refractivity (Wildman–Crippen MR) is 190 cm³/mol. The molecule has 8 atom stereocenters. The molecule has 2 heterocycles. The van der Waals surface area contributed by atoms with Gasteiger partial charge >= 0.3 is 11.9 Å². The first-order valence-electron chi connectivity index (χ1n) is 19.3. The highest BCUT2D eigenvalue weighted by molar-refractivity contribution is 5.99. The van der Waals surface area contributed by atoms with E-state index in [1.165, 1.54) is 7.11 Å². The molecule has 53 heavy (non-hydrogen) atoms. The number of ether oxygens (including phenoxy) is 2. The fourth-order valence-corrected chi connectivity index (χ4v) is 8.59. The number of esters is 2. The summed E-state index contributed by atoms with van der Waals surface area (Å²) in [6.07, 6.45) is 2.49. The smallest absolute Gasteiger partial charge is 0.307 e. The van der Waals surface area contributed by atoms with Crippen LogP contribution >= 0.6 is 0 Å². The van der Waals surface area contributed by atoms with Crippen LogP contribution in [0.2, 0.25) is 0 Å². The highest BCUT2D eigenvalue weighted by Crippen LogP contribution is 2.37. The maximum Gasteiger partial charge on any atom is 0.307 e. The fraction of sp³-hybridized carbons (Fsp3) is 0.795. The lowest BCUT2D eigenvalue weighted by atomic mass is 9.71. The number of ketones is 2. The predicted octanol–water partition coefficient (Wildman–Crippen LogP) is 3.02. The molecule has 2 N–H and O–H groups in total. The molecule has 4 fully saturated rings. The van der Waals surface area contributed by atoms with Crippen LogP contribution in [-0.4, -0.2) is 106 Å². The fourth-order valence-electron chi connectivity index (χ4n) is 8.59. The number of Topliss-reactive ketones (excluding diaryl/α,β-unsaturated/α-hetero) is 2. The molecule has 0 spiro atoms. The van der Waals surface area contributed by atoms with Crippen LogP contribution in [0, 0.1) is 47.3 Å². The topological polar surface area (TPSA) is 202 Å². The third kappa shape index (κ3) is 12.5. The third-order valence-corrected chi connectivity index (χ3v) is 11.3. The lowest BCUT2D eigenvalue weighted by Gasteiger charge is -2.35. The van der Waals surface area contributed by atoms with E-state index in [-0.39, 0.29) is 130 Å². The number of imide groups is 2. The number of piperidine rings is 2. The van der Waals surface area contributed by atoms with Crippen molar-refractivity contribution >= 4 is 47.1 Å². The van der Waals surface area contributed by atoms with Crippen LogP contribution in [0.5, 0.6) is 0 Å². The Kier molecular flexibility index (Phi) is 16.8. The van der Waals surface area contributed by atoms with E-state index in [1.54, 1.807) is 6.92 Å². The van der Waals surface area contributed by atoms with Crippen molar-refractivity contribution in [1.29, 1.82) is 0 Å². The monoisotopic (exact) mass is 748 g/mol. The van der Waals surface area contributed by atoms with E-state index < -0.39 is 36.0 Å². The van der Waals surface area contributed by atoms with E-state index in [2.05, 4.69) is 18.6 Å². The first kappa shape index (κ1) is 43.9. The molecule has 2 aliphatic heterocycles. The van der Waals surface area contributed by atoms with Gasteiger partial charge < -0.3 is 19.7 Å². The standard InChI is InChI=1S/C20H31NO6.C19H29NO6/c1-4-27-19(25)5-6-21-17(23)10-14(11-18(21)24)9-16(22)15-8-12(2)7-13(3)20(15)26;1-11-6-12(2)19(25)14(7-11)15(21)8-13-9-16(22)20(17(23)10-13)5-4-18(24)26-3/h12-16,22H,4-11H2,1-3H3;11-15,21H,4-10H2,1-3H3/t12-,13?,15?,16+;11-,12?,14?,15+/m00/s1. The minimum Gasteiger partial charge on any atom is -0.469 e. The molecule has 0 radical (unpaired) electrons. The summed E-state index contributed by atoms with van der Waals surface area (Å²) < 4.78 is 9.35. The lowest BCUT2D eigenvalue weighted by molar-refractivity contribution is -0.154. The summed E-state index contributed by atoms with van der Waals surface area (Å²) in [5, 5.41) is 21.1. The van der Waals surface area contributed by atoms with Crippen molar-refractivity contribution in [2.75, 3.05) is 26.8 Å². The van der Waals surface area contributed by atoms with Crippen molar-refractivity contribution in [3.05, 3.63) is 0 Å². The van der Waals surface area contributed by atoms with Crippen LogP contribution in [0.25, 0.3) is 0 Å². The van der Waals surface area contributed by atoms with Gasteiger partial charge in [0.05, 0.1) is 38.8 Å². The highest BCUT2D eigenvalue weighted by atomic mass is 16.5. The molecule has 298 valence electrons. The Balaban J connectivity index is 0.000000286. The molecular weight excluding hydrogens is 688 g/mol. The number of amides is 4. The molecule has 2 saturated carbocycles. The van der Waals surface area contributed by atoms with Gasteiger partial charge in [0.1, 0.15) is 11.6 Å². The Morgan fingerprint density at radius 2 is 1.00 bits per heavy atom. The van der Waals surface area contributed by atoms with Gasteiger partial charge in [0, 0.05) is 62.4 Å². The zero-order chi connectivity index (χ0) is 39.6. The van der Waals surface area contributed by atoms with Crippen molar-refractivity contribution in [1.82, 2.24) is 9.80 Å². The van der Waals surface area contributed by atoms with E-state index in [0.717, 1.165) is 22.6 Å². The highest BCUT2D eigenvalue weighted by Gasteiger charge is 2.41. The largest absolute Gasteiger partial charge is 0.469 e. The Bertz CT molecular complexity index is 1330. The SMILES string of the molecule is CCOC(=O)CCN1C(=O)CC(C[C@@H](O)C2C[C@@H](C)CC(C)C2=O)CC1=O.COC(=O)CCN1C(=O)CC(C[C@@H](O)C2C[C@@H](C)CC(C)C2=O)CC1=O. The molecule has 4 rings (SSSR count). The van der Waals surface area contributed by atoms with E-state index in [4.69, 9.17) is 4.74 Å². The van der Waals surface area contributed by atoms with Gasteiger partial charge in [-0.2, -0.15) is 0 Å². The zero-order valence-corrected chi connectivity index (χ0v) is 32.3. The molecule has 2 aliphatic carbocycles. The van der Waals surface area contributed by atoms with Crippen molar-refractivity contribution in [2.45, 2.75) is 124 Å². The molecule has 0 aromatic carbocycles. The van der Waals surface area contributed by atoms with Gasteiger partial charge in [-0.25, -0.2) is 0 Å². The lowest BCUT2D eigenvalue weighted by Crippen LogP contribution is -2.46. The van der Waals surface area contributed by atoms with E-state index in [1.807, 2.05) is 13.8 Å². The van der Waals surface area contributed by atoms with Gasteiger partial charge in [-0.15, -0.1) is 0 Å². The summed E-state index contributed by atoms with van der Waals surface area (Å²) in [6, 6.07) is 0. The molecular formula is C39H60N2O12. The Labute approximate surface area is 312 Å². The van der Waals surface area contributed by atoms with Crippen molar-refractivity contribution in [3.8, 4) is 0 Å². The van der Waals surface area contributed by atoms with Gasteiger partial charge in [0.15, 0.2) is 0 Å². The molecule has 2 saturated heterocycles. The molecule has 4 amide bonds. The Morgan fingerprint density at radius 3 is 1.34 bits per heavy atom. The molecule has 4 aliphatic rings. The number of methoxy groups -OCH3 is 1. The van der Waals surface area contributed by atoms with E-state index in [0.29, 0.717) is 24.7 Å². The number of aliphatic hydroxyl groups excluding tert-OH is 2. The zero-order valence-electron chi connectivity index (χ0n) is 32.3. The summed E-state index contributed by atoms with van der Waals surface area (Å²) in [7, 11) is 1.26. The van der Waals surface area contributed by atoms with E-state index in [9.17, 15) is 48.6 Å². The number of aliphatic hydroxyl groups is 2. The second kappa shape index (κ2) is 20.2. The minimum absolute atomic E-state index is 0.00896. The van der Waals surface area contributed by atoms with Crippen LogP contribution < -0.4 is 0 Å². The number of nitrogens with zero attached hydrogens (tertiary/aromatic N) is 2. The summed E-state index contributed by atoms with van der Waals surface area (Å²) in [5.74, 6) is -2.75. The number of hydrogen-bond donors (Lipinski definition) is 2. The van der Waals surface area contributed by atoms with Crippen molar-refractivity contribution in [3.63, 3.8) is 0 Å². The number of carbonyl (C=O) groups excluding carboxylic acids is 8. The van der Waals surface area contributed by atoms with Gasteiger partial charge in [0.2, 0.25) is 23.6 Å². The Morgan fingerprint density at radius 1 is 0.642 bits per heavy atom. The third-order valence-electron chi connectivity index (χ3n) is 11.3. The number of hydrogen-bond acceptors (Lipinski definition) is 12. The van der Waals surface area contributed by atoms with Crippen LogP contribution in [0.3, 0.4) is 0 Å². The average Bonchev–Trinajstić information content (AvgIpc) is 3.07. The maximum absolute atomic E-state index is 12.4. The molecule has 4 unspecified atom stereocenters. The van der Waals surface area contributed by atoms with E-state index >= 15 is 0 Å². The molecule has 14 nitrogen and oxygen atoms in total. The molecule has 0 aromatic heterocycles. The summed E-state index contributed by atoms with van der Waals surface area (Å²) in [5.41, 5.74) is 0. The Hall–Kier alpha value is -3.52. The van der Waals surface area contributed by atoms with Gasteiger partial charge in [-0.3, -0.25) is 48.2 Å². The van der Waals surface area contributed by atoms with Gasteiger partial charge in [-0.05, 0) is 69.1 Å². The number of rotatable bonds is 13. The quantitative estimate of drug-likeness (QED) is 0.206. The maximum atomic E-state index is 12.4. The average molecular weight is 749 g/mol. The molecule has 0 aromatic rings. The number of carbonyl (C=O) groups is 8. The van der Waals surface area contributed by atoms with Gasteiger partial charge in [0.25, 0.3) is 0 Å². The summed E-state index contributed by atoms with van der Waals surface area (Å²) in [4.78, 5) is 98.7.